The number of nitrogens with zero attached hydrogens (tertiary/aromatic N) is 1. The summed E-state index contributed by atoms with van der Waals surface area (Å²) in [6, 6.07) is 5.49. The predicted octanol–water partition coefficient (Wildman–Crippen LogP) is 2.40. The zero-order valence-corrected chi connectivity index (χ0v) is 13.8. The molecule has 1 saturated heterocycles. The summed E-state index contributed by atoms with van der Waals surface area (Å²) < 4.78 is 12.1. The molecule has 4 nitrogen and oxygen atoms in total. The van der Waals surface area contributed by atoms with Crippen molar-refractivity contribution < 1.29 is 9.47 Å². The molecule has 0 atom stereocenters. The van der Waals surface area contributed by atoms with E-state index in [4.69, 9.17) is 21.1 Å². The SMILES string of the molecule is Clc1ccc(OCCOCCN2CCNCC2)c(Br)c1. The van der Waals surface area contributed by atoms with Gasteiger partial charge in [-0.15, -0.1) is 0 Å². The van der Waals surface area contributed by atoms with E-state index in [1.54, 1.807) is 0 Å². The molecule has 1 aromatic carbocycles. The number of piperazine rings is 1. The van der Waals surface area contributed by atoms with E-state index in [-0.39, 0.29) is 0 Å². The number of hydrogen-bond donors (Lipinski definition) is 1. The van der Waals surface area contributed by atoms with Gasteiger partial charge in [0.15, 0.2) is 0 Å². The van der Waals surface area contributed by atoms with Gasteiger partial charge < -0.3 is 14.8 Å². The molecule has 0 saturated carbocycles. The molecule has 1 heterocycles. The van der Waals surface area contributed by atoms with Gasteiger partial charge in [-0.1, -0.05) is 11.6 Å². The van der Waals surface area contributed by atoms with Gasteiger partial charge in [0, 0.05) is 37.7 Å². The highest BCUT2D eigenvalue weighted by Crippen LogP contribution is 2.27. The molecule has 1 aromatic rings. The van der Waals surface area contributed by atoms with Gasteiger partial charge >= 0.3 is 0 Å². The summed E-state index contributed by atoms with van der Waals surface area (Å²) in [6.45, 7) is 7.26. The van der Waals surface area contributed by atoms with Crippen molar-refractivity contribution in [3.63, 3.8) is 0 Å². The molecule has 0 spiro atoms. The van der Waals surface area contributed by atoms with Crippen molar-refractivity contribution in [2.75, 3.05) is 52.5 Å². The molecule has 0 aromatic heterocycles. The van der Waals surface area contributed by atoms with Crippen LogP contribution < -0.4 is 10.1 Å². The van der Waals surface area contributed by atoms with Gasteiger partial charge in [-0.2, -0.15) is 0 Å². The summed E-state index contributed by atoms with van der Waals surface area (Å²) in [5.74, 6) is 0.792. The van der Waals surface area contributed by atoms with Crippen LogP contribution in [0.5, 0.6) is 5.75 Å². The lowest BCUT2D eigenvalue weighted by Gasteiger charge is -2.26. The van der Waals surface area contributed by atoms with Crippen LogP contribution in [0, 0.1) is 0 Å². The van der Waals surface area contributed by atoms with E-state index in [0.29, 0.717) is 18.2 Å². The van der Waals surface area contributed by atoms with E-state index in [9.17, 15) is 0 Å². The number of ether oxygens (including phenoxy) is 2. The van der Waals surface area contributed by atoms with Crippen molar-refractivity contribution in [1.29, 1.82) is 0 Å². The Bertz CT molecular complexity index is 414. The highest BCUT2D eigenvalue weighted by molar-refractivity contribution is 9.10. The van der Waals surface area contributed by atoms with E-state index >= 15 is 0 Å². The highest BCUT2D eigenvalue weighted by Gasteiger charge is 2.08. The predicted molar refractivity (Wildman–Crippen MR) is 84.8 cm³/mol. The molecular formula is C14H20BrClN2O2. The fourth-order valence-corrected chi connectivity index (χ4v) is 2.83. The van der Waals surface area contributed by atoms with Crippen LogP contribution in [-0.4, -0.2) is 57.4 Å². The molecule has 1 N–H and O–H groups in total. The van der Waals surface area contributed by atoms with Crippen molar-refractivity contribution in [3.05, 3.63) is 27.7 Å². The third kappa shape index (κ3) is 5.58. The molecule has 1 aliphatic heterocycles. The smallest absolute Gasteiger partial charge is 0.133 e. The second kappa shape index (κ2) is 8.85. The quantitative estimate of drug-likeness (QED) is 0.754. The van der Waals surface area contributed by atoms with Gasteiger partial charge in [-0.3, -0.25) is 4.90 Å². The minimum atomic E-state index is 0.543. The minimum Gasteiger partial charge on any atom is -0.490 e. The normalized spacial score (nSPS) is 16.3. The van der Waals surface area contributed by atoms with E-state index in [0.717, 1.165) is 49.6 Å². The summed E-state index contributed by atoms with van der Waals surface area (Å²) in [5.41, 5.74) is 0. The van der Waals surface area contributed by atoms with E-state index in [2.05, 4.69) is 26.1 Å². The largest absolute Gasteiger partial charge is 0.490 e. The van der Waals surface area contributed by atoms with Crippen LogP contribution in [0.4, 0.5) is 0 Å². The molecule has 0 amide bonds. The maximum atomic E-state index is 5.87. The van der Waals surface area contributed by atoms with Crippen LogP contribution in [-0.2, 0) is 4.74 Å². The van der Waals surface area contributed by atoms with E-state index in [1.165, 1.54) is 0 Å². The Morgan fingerprint density at radius 3 is 2.75 bits per heavy atom. The average Bonchev–Trinajstić information content (AvgIpc) is 2.46. The number of benzene rings is 1. The van der Waals surface area contributed by atoms with Crippen molar-refractivity contribution >= 4 is 27.5 Å². The molecule has 0 unspecified atom stereocenters. The fraction of sp³-hybridized carbons (Fsp3) is 0.571. The van der Waals surface area contributed by atoms with Gasteiger partial charge in [-0.05, 0) is 34.1 Å². The summed E-state index contributed by atoms with van der Waals surface area (Å²) >= 11 is 9.29. The first kappa shape index (κ1) is 16.0. The summed E-state index contributed by atoms with van der Waals surface area (Å²) in [7, 11) is 0. The molecular weight excluding hydrogens is 344 g/mol. The van der Waals surface area contributed by atoms with Crippen LogP contribution in [0.2, 0.25) is 5.02 Å². The van der Waals surface area contributed by atoms with Crippen LogP contribution >= 0.6 is 27.5 Å². The fourth-order valence-electron chi connectivity index (χ4n) is 2.03. The third-order valence-electron chi connectivity index (χ3n) is 3.14. The minimum absolute atomic E-state index is 0.543. The van der Waals surface area contributed by atoms with Crippen LogP contribution in [0.1, 0.15) is 0 Å². The lowest BCUT2D eigenvalue weighted by atomic mass is 10.3. The third-order valence-corrected chi connectivity index (χ3v) is 4.00. The highest BCUT2D eigenvalue weighted by atomic mass is 79.9. The topological polar surface area (TPSA) is 33.7 Å². The molecule has 0 radical (unpaired) electrons. The van der Waals surface area contributed by atoms with Gasteiger partial charge in [0.1, 0.15) is 12.4 Å². The molecule has 112 valence electrons. The van der Waals surface area contributed by atoms with Crippen molar-refractivity contribution in [3.8, 4) is 5.75 Å². The summed E-state index contributed by atoms with van der Waals surface area (Å²) in [5, 5.41) is 4.03. The standard InChI is InChI=1S/C14H20BrClN2O2/c15-13-11-12(16)1-2-14(13)20-10-9-19-8-7-18-5-3-17-4-6-18/h1-2,11,17H,3-10H2. The average molecular weight is 364 g/mol. The molecule has 1 aliphatic rings. The second-order valence-corrected chi connectivity index (χ2v) is 5.92. The van der Waals surface area contributed by atoms with Gasteiger partial charge in [0.25, 0.3) is 0 Å². The monoisotopic (exact) mass is 362 g/mol. The van der Waals surface area contributed by atoms with Crippen LogP contribution in [0.3, 0.4) is 0 Å². The van der Waals surface area contributed by atoms with Crippen molar-refractivity contribution in [2.45, 2.75) is 0 Å². The Morgan fingerprint density at radius 2 is 2.00 bits per heavy atom. The Labute approximate surface area is 133 Å². The second-order valence-electron chi connectivity index (χ2n) is 4.63. The molecule has 20 heavy (non-hydrogen) atoms. The molecule has 0 bridgehead atoms. The van der Waals surface area contributed by atoms with Gasteiger partial charge in [0.05, 0.1) is 17.7 Å². The Hall–Kier alpha value is -0.330. The van der Waals surface area contributed by atoms with E-state index in [1.807, 2.05) is 18.2 Å². The van der Waals surface area contributed by atoms with Crippen molar-refractivity contribution in [1.82, 2.24) is 10.2 Å². The Balaban J connectivity index is 1.55. The first-order valence-corrected chi connectivity index (χ1v) is 8.01. The maximum absolute atomic E-state index is 5.87. The van der Waals surface area contributed by atoms with Crippen LogP contribution in [0.15, 0.2) is 22.7 Å². The lowest BCUT2D eigenvalue weighted by molar-refractivity contribution is 0.0766. The zero-order chi connectivity index (χ0) is 14.2. The number of halogens is 2. The maximum Gasteiger partial charge on any atom is 0.133 e. The number of rotatable bonds is 7. The van der Waals surface area contributed by atoms with Gasteiger partial charge in [0.2, 0.25) is 0 Å². The first-order chi connectivity index (χ1) is 9.75. The first-order valence-electron chi connectivity index (χ1n) is 6.84. The zero-order valence-electron chi connectivity index (χ0n) is 11.4. The number of nitrogens with one attached hydrogen (secondary N) is 1. The Morgan fingerprint density at radius 1 is 1.20 bits per heavy atom. The lowest BCUT2D eigenvalue weighted by Crippen LogP contribution is -2.44. The number of hydrogen-bond acceptors (Lipinski definition) is 4. The van der Waals surface area contributed by atoms with Gasteiger partial charge in [-0.25, -0.2) is 0 Å². The summed E-state index contributed by atoms with van der Waals surface area (Å²) in [6.07, 6.45) is 0. The summed E-state index contributed by atoms with van der Waals surface area (Å²) in [4.78, 5) is 2.41. The van der Waals surface area contributed by atoms with Crippen LogP contribution in [0.25, 0.3) is 0 Å². The Kier molecular flexibility index (Phi) is 7.10. The molecule has 6 heteroatoms. The van der Waals surface area contributed by atoms with E-state index < -0.39 is 0 Å². The molecule has 1 fully saturated rings. The molecule has 2 rings (SSSR count). The molecule has 0 aliphatic carbocycles. The van der Waals surface area contributed by atoms with Crippen molar-refractivity contribution in [2.24, 2.45) is 0 Å².